The third-order valence-electron chi connectivity index (χ3n) is 3.32. The Kier molecular flexibility index (Phi) is 4.02. The van der Waals surface area contributed by atoms with Crippen LogP contribution in [-0.2, 0) is 10.3 Å². The Hall–Kier alpha value is -1.06. The number of hydrogen-bond acceptors (Lipinski definition) is 3. The molecule has 0 unspecified atom stereocenters. The molecular formula is C13H17ClN2O. The fourth-order valence-electron chi connectivity index (χ4n) is 2.30. The summed E-state index contributed by atoms with van der Waals surface area (Å²) in [5.41, 5.74) is 1.23. The maximum atomic E-state index is 5.93. The Morgan fingerprint density at radius 2 is 1.94 bits per heavy atom. The molecule has 1 heterocycles. The first-order chi connectivity index (χ1) is 8.27. The maximum absolute atomic E-state index is 5.93. The van der Waals surface area contributed by atoms with Gasteiger partial charge >= 0.3 is 0 Å². The lowest BCUT2D eigenvalue weighted by Crippen LogP contribution is -2.41. The van der Waals surface area contributed by atoms with Gasteiger partial charge in [0.05, 0.1) is 6.21 Å². The second kappa shape index (κ2) is 5.52. The van der Waals surface area contributed by atoms with Crippen molar-refractivity contribution in [3.05, 3.63) is 34.9 Å². The topological polar surface area (TPSA) is 33.6 Å². The highest BCUT2D eigenvalue weighted by atomic mass is 35.5. The normalized spacial score (nSPS) is 19.4. The van der Waals surface area contributed by atoms with E-state index in [2.05, 4.69) is 22.6 Å². The summed E-state index contributed by atoms with van der Waals surface area (Å²) < 4.78 is 0. The van der Waals surface area contributed by atoms with Crippen molar-refractivity contribution in [2.24, 2.45) is 5.16 Å². The van der Waals surface area contributed by atoms with E-state index in [4.69, 9.17) is 16.4 Å². The van der Waals surface area contributed by atoms with Gasteiger partial charge in [-0.2, -0.15) is 0 Å². The molecule has 1 aliphatic rings. The Balaban J connectivity index is 2.31. The monoisotopic (exact) mass is 252 g/mol. The highest BCUT2D eigenvalue weighted by Crippen LogP contribution is 2.32. The fourth-order valence-corrected chi connectivity index (χ4v) is 2.43. The van der Waals surface area contributed by atoms with Gasteiger partial charge in [-0.25, -0.2) is 0 Å². The summed E-state index contributed by atoms with van der Waals surface area (Å²) >= 11 is 5.93. The minimum atomic E-state index is -0.0220. The zero-order chi connectivity index (χ0) is 12.1. The molecule has 1 saturated heterocycles. The van der Waals surface area contributed by atoms with Crippen molar-refractivity contribution in [3.8, 4) is 0 Å². The van der Waals surface area contributed by atoms with E-state index in [1.165, 1.54) is 5.56 Å². The van der Waals surface area contributed by atoms with Gasteiger partial charge in [0.25, 0.3) is 0 Å². The predicted molar refractivity (Wildman–Crippen MR) is 70.7 cm³/mol. The molecule has 0 amide bonds. The molecule has 0 spiro atoms. The minimum Gasteiger partial charge on any atom is -0.399 e. The molecule has 0 aromatic heterocycles. The summed E-state index contributed by atoms with van der Waals surface area (Å²) in [6, 6.07) is 8.02. The third-order valence-corrected chi connectivity index (χ3v) is 3.57. The van der Waals surface area contributed by atoms with Crippen LogP contribution in [-0.4, -0.2) is 26.4 Å². The number of oxime groups is 1. The average molecular weight is 253 g/mol. The largest absolute Gasteiger partial charge is 0.399 e. The van der Waals surface area contributed by atoms with Crippen molar-refractivity contribution in [1.29, 1.82) is 0 Å². The van der Waals surface area contributed by atoms with Crippen LogP contribution in [0, 0.1) is 0 Å². The Morgan fingerprint density at radius 1 is 1.29 bits per heavy atom. The van der Waals surface area contributed by atoms with Crippen LogP contribution in [0.4, 0.5) is 0 Å². The number of benzene rings is 1. The van der Waals surface area contributed by atoms with E-state index in [1.807, 2.05) is 18.3 Å². The second-order valence-corrected chi connectivity index (χ2v) is 4.77. The molecule has 1 aliphatic heterocycles. The van der Waals surface area contributed by atoms with Crippen molar-refractivity contribution >= 4 is 17.8 Å². The van der Waals surface area contributed by atoms with Crippen LogP contribution in [0.2, 0.25) is 5.02 Å². The van der Waals surface area contributed by atoms with Gasteiger partial charge in [-0.05, 0) is 43.6 Å². The van der Waals surface area contributed by atoms with Gasteiger partial charge in [-0.3, -0.25) is 0 Å². The SMILES string of the molecule is CO/N=C/C1(c2ccc(Cl)cc2)CCNCC1. The van der Waals surface area contributed by atoms with Gasteiger partial charge in [0.1, 0.15) is 7.11 Å². The third kappa shape index (κ3) is 2.79. The fraction of sp³-hybridized carbons (Fsp3) is 0.462. The summed E-state index contributed by atoms with van der Waals surface area (Å²) in [5.74, 6) is 0. The molecule has 3 nitrogen and oxygen atoms in total. The molecule has 4 heteroatoms. The summed E-state index contributed by atoms with van der Waals surface area (Å²) in [4.78, 5) is 4.84. The smallest absolute Gasteiger partial charge is 0.106 e. The first-order valence-electron chi connectivity index (χ1n) is 5.81. The van der Waals surface area contributed by atoms with Crippen molar-refractivity contribution in [1.82, 2.24) is 5.32 Å². The molecule has 0 radical (unpaired) electrons. The zero-order valence-corrected chi connectivity index (χ0v) is 10.7. The van der Waals surface area contributed by atoms with Crippen molar-refractivity contribution in [2.45, 2.75) is 18.3 Å². The Morgan fingerprint density at radius 3 is 2.53 bits per heavy atom. The second-order valence-electron chi connectivity index (χ2n) is 4.33. The number of hydrogen-bond donors (Lipinski definition) is 1. The summed E-state index contributed by atoms with van der Waals surface area (Å²) in [5, 5.41) is 8.11. The first-order valence-corrected chi connectivity index (χ1v) is 6.19. The highest BCUT2D eigenvalue weighted by Gasteiger charge is 2.32. The number of halogens is 1. The molecule has 2 rings (SSSR count). The van der Waals surface area contributed by atoms with Gasteiger partial charge in [-0.1, -0.05) is 28.9 Å². The van der Waals surface area contributed by atoms with E-state index >= 15 is 0 Å². The zero-order valence-electron chi connectivity index (χ0n) is 9.95. The van der Waals surface area contributed by atoms with Crippen LogP contribution in [0.15, 0.2) is 29.4 Å². The summed E-state index contributed by atoms with van der Waals surface area (Å²) in [7, 11) is 1.58. The maximum Gasteiger partial charge on any atom is 0.106 e. The number of piperidine rings is 1. The van der Waals surface area contributed by atoms with Crippen LogP contribution in [0.25, 0.3) is 0 Å². The lowest BCUT2D eigenvalue weighted by atomic mass is 9.74. The molecule has 0 saturated carbocycles. The van der Waals surface area contributed by atoms with Crippen LogP contribution in [0.1, 0.15) is 18.4 Å². The quantitative estimate of drug-likeness (QED) is 0.663. The van der Waals surface area contributed by atoms with Crippen LogP contribution < -0.4 is 5.32 Å². The number of nitrogens with zero attached hydrogens (tertiary/aromatic N) is 1. The lowest BCUT2D eigenvalue weighted by Gasteiger charge is -2.34. The Bertz CT molecular complexity index is 383. The molecule has 0 aliphatic carbocycles. The molecule has 1 aromatic rings. The molecule has 1 aromatic carbocycles. The Labute approximate surface area is 107 Å². The molecule has 1 fully saturated rings. The highest BCUT2D eigenvalue weighted by molar-refractivity contribution is 6.30. The van der Waals surface area contributed by atoms with Crippen LogP contribution in [0.3, 0.4) is 0 Å². The van der Waals surface area contributed by atoms with Crippen molar-refractivity contribution in [3.63, 3.8) is 0 Å². The molecule has 0 bridgehead atoms. The van der Waals surface area contributed by atoms with Crippen LogP contribution in [0.5, 0.6) is 0 Å². The lowest BCUT2D eigenvalue weighted by molar-refractivity contribution is 0.211. The molecular weight excluding hydrogens is 236 g/mol. The minimum absolute atomic E-state index is 0.0220. The van der Waals surface area contributed by atoms with Crippen molar-refractivity contribution in [2.75, 3.05) is 20.2 Å². The van der Waals surface area contributed by atoms with E-state index in [0.717, 1.165) is 31.0 Å². The van der Waals surface area contributed by atoms with E-state index in [-0.39, 0.29) is 5.41 Å². The summed E-state index contributed by atoms with van der Waals surface area (Å²) in [6.07, 6.45) is 3.99. The van der Waals surface area contributed by atoms with Gasteiger partial charge < -0.3 is 10.2 Å². The predicted octanol–water partition coefficient (Wildman–Crippen LogP) is 2.59. The van der Waals surface area contributed by atoms with Crippen molar-refractivity contribution < 1.29 is 4.84 Å². The molecule has 1 N–H and O–H groups in total. The molecule has 0 atom stereocenters. The van der Waals surface area contributed by atoms with E-state index in [0.29, 0.717) is 0 Å². The summed E-state index contributed by atoms with van der Waals surface area (Å²) in [6.45, 7) is 2.00. The molecule has 92 valence electrons. The van der Waals surface area contributed by atoms with Gasteiger partial charge in [-0.15, -0.1) is 0 Å². The van der Waals surface area contributed by atoms with Crippen LogP contribution >= 0.6 is 11.6 Å². The van der Waals surface area contributed by atoms with Gasteiger partial charge in [0, 0.05) is 10.4 Å². The number of rotatable bonds is 3. The average Bonchev–Trinajstić information content (AvgIpc) is 2.38. The van der Waals surface area contributed by atoms with E-state index in [1.54, 1.807) is 7.11 Å². The van der Waals surface area contributed by atoms with E-state index in [9.17, 15) is 0 Å². The van der Waals surface area contributed by atoms with Gasteiger partial charge in [0.15, 0.2) is 0 Å². The standard InChI is InChI=1S/C13H17ClN2O/c1-17-16-10-13(6-8-15-9-7-13)11-2-4-12(14)5-3-11/h2-5,10,15H,6-9H2,1H3/b16-10+. The van der Waals surface area contributed by atoms with E-state index < -0.39 is 0 Å². The first kappa shape index (κ1) is 12.4. The molecule has 17 heavy (non-hydrogen) atoms. The van der Waals surface area contributed by atoms with Gasteiger partial charge in [0.2, 0.25) is 0 Å². The number of nitrogens with one attached hydrogen (secondary N) is 1.